The van der Waals surface area contributed by atoms with Crippen molar-refractivity contribution < 1.29 is 9.90 Å². The Morgan fingerprint density at radius 3 is 3.09 bits per heavy atom. The van der Waals surface area contributed by atoms with Gasteiger partial charge < -0.3 is 10.0 Å². The van der Waals surface area contributed by atoms with Crippen LogP contribution in [0.1, 0.15) is 18.4 Å². The molecule has 0 spiro atoms. The number of halogens is 1. The number of benzene rings is 1. The molecule has 122 valence electrons. The van der Waals surface area contributed by atoms with E-state index in [4.69, 9.17) is 11.6 Å². The quantitative estimate of drug-likeness (QED) is 0.902. The summed E-state index contributed by atoms with van der Waals surface area (Å²) in [6.07, 6.45) is 3.40. The number of nitrogens with zero attached hydrogens (tertiary/aromatic N) is 3. The highest BCUT2D eigenvalue weighted by Crippen LogP contribution is 2.19. The first-order valence-corrected chi connectivity index (χ1v) is 8.00. The second-order valence-corrected chi connectivity index (χ2v) is 6.04. The maximum absolute atomic E-state index is 12.4. The Balaban J connectivity index is 1.70. The predicted octanol–water partition coefficient (Wildman–Crippen LogP) is 2.57. The average Bonchev–Trinajstić information content (AvgIpc) is 3.16. The minimum absolute atomic E-state index is 0.00477. The Morgan fingerprint density at radius 2 is 2.30 bits per heavy atom. The highest BCUT2D eigenvalue weighted by atomic mass is 35.5. The third-order valence-electron chi connectivity index (χ3n) is 4.02. The summed E-state index contributed by atoms with van der Waals surface area (Å²) in [5, 5.41) is 17.1. The van der Waals surface area contributed by atoms with Crippen LogP contribution in [-0.4, -0.2) is 45.0 Å². The molecule has 0 bridgehead atoms. The van der Waals surface area contributed by atoms with E-state index in [0.29, 0.717) is 23.9 Å². The van der Waals surface area contributed by atoms with Crippen molar-refractivity contribution in [1.82, 2.24) is 14.7 Å². The smallest absolute Gasteiger partial charge is 0.323 e. The summed E-state index contributed by atoms with van der Waals surface area (Å²) in [6, 6.07) is 8.99. The fourth-order valence-corrected chi connectivity index (χ4v) is 3.06. The van der Waals surface area contributed by atoms with Gasteiger partial charge in [-0.05, 0) is 30.5 Å². The number of urea groups is 1. The molecule has 2 heterocycles. The number of hydrogen-bond donors (Lipinski definition) is 2. The number of nitrogens with one attached hydrogen (secondary N) is 1. The number of carbonyl (C=O) groups is 1. The lowest BCUT2D eigenvalue weighted by Crippen LogP contribution is -2.40. The van der Waals surface area contributed by atoms with E-state index in [1.54, 1.807) is 21.8 Å². The van der Waals surface area contributed by atoms with E-state index in [1.165, 1.54) is 0 Å². The van der Waals surface area contributed by atoms with E-state index in [9.17, 15) is 9.90 Å². The summed E-state index contributed by atoms with van der Waals surface area (Å²) in [7, 11) is 0. The summed E-state index contributed by atoms with van der Waals surface area (Å²) in [6.45, 7) is 1.18. The van der Waals surface area contributed by atoms with Crippen LogP contribution in [0.15, 0.2) is 36.5 Å². The third-order valence-corrected chi connectivity index (χ3v) is 4.26. The Hall–Kier alpha value is -2.05. The summed E-state index contributed by atoms with van der Waals surface area (Å²) >= 11 is 6.00. The lowest BCUT2D eigenvalue weighted by atomic mass is 10.2. The van der Waals surface area contributed by atoms with Gasteiger partial charge in [-0.15, -0.1) is 0 Å². The summed E-state index contributed by atoms with van der Waals surface area (Å²) in [5.41, 5.74) is 1.01. The number of carbonyl (C=O) groups excluding carboxylic acids is 1. The molecule has 1 aliphatic heterocycles. The van der Waals surface area contributed by atoms with Crippen molar-refractivity contribution in [3.05, 3.63) is 47.1 Å². The third kappa shape index (κ3) is 3.65. The van der Waals surface area contributed by atoms with Crippen molar-refractivity contribution in [2.75, 3.05) is 18.5 Å². The van der Waals surface area contributed by atoms with E-state index >= 15 is 0 Å². The first kappa shape index (κ1) is 15.8. The van der Waals surface area contributed by atoms with Gasteiger partial charge in [-0.2, -0.15) is 5.10 Å². The van der Waals surface area contributed by atoms with Gasteiger partial charge in [-0.3, -0.25) is 5.32 Å². The number of aliphatic hydroxyl groups excluding tert-OH is 1. The van der Waals surface area contributed by atoms with Crippen molar-refractivity contribution in [2.24, 2.45) is 0 Å². The highest BCUT2D eigenvalue weighted by Gasteiger charge is 2.28. The minimum atomic E-state index is -0.200. The van der Waals surface area contributed by atoms with Crippen molar-refractivity contribution >= 4 is 23.4 Å². The molecule has 1 aromatic heterocycles. The maximum Gasteiger partial charge on any atom is 0.323 e. The number of likely N-dealkylation sites (tertiary alicyclic amines) is 1. The molecule has 1 saturated heterocycles. The van der Waals surface area contributed by atoms with Crippen LogP contribution in [0.3, 0.4) is 0 Å². The van der Waals surface area contributed by atoms with Gasteiger partial charge in [0.25, 0.3) is 0 Å². The Bertz CT molecular complexity index is 688. The Kier molecular flexibility index (Phi) is 4.83. The molecule has 7 heteroatoms. The second kappa shape index (κ2) is 7.02. The zero-order valence-electron chi connectivity index (χ0n) is 12.7. The largest absolute Gasteiger partial charge is 0.394 e. The second-order valence-electron chi connectivity index (χ2n) is 5.61. The van der Waals surface area contributed by atoms with Gasteiger partial charge in [0, 0.05) is 17.6 Å². The van der Waals surface area contributed by atoms with Crippen molar-refractivity contribution in [2.45, 2.75) is 25.4 Å². The van der Waals surface area contributed by atoms with Gasteiger partial charge in [0.05, 0.1) is 25.4 Å². The van der Waals surface area contributed by atoms with Crippen LogP contribution in [-0.2, 0) is 6.54 Å². The lowest BCUT2D eigenvalue weighted by Gasteiger charge is -2.23. The van der Waals surface area contributed by atoms with Crippen LogP contribution in [0.25, 0.3) is 0 Å². The lowest BCUT2D eigenvalue weighted by molar-refractivity contribution is 0.166. The first-order chi connectivity index (χ1) is 11.2. The summed E-state index contributed by atoms with van der Waals surface area (Å²) < 4.78 is 1.72. The van der Waals surface area contributed by atoms with E-state index in [0.717, 1.165) is 18.4 Å². The molecule has 0 radical (unpaired) electrons. The van der Waals surface area contributed by atoms with Gasteiger partial charge in [-0.1, -0.05) is 23.7 Å². The Morgan fingerprint density at radius 1 is 1.43 bits per heavy atom. The first-order valence-electron chi connectivity index (χ1n) is 7.62. The minimum Gasteiger partial charge on any atom is -0.394 e. The number of anilines is 1. The van der Waals surface area contributed by atoms with Crippen molar-refractivity contribution in [3.8, 4) is 0 Å². The van der Waals surface area contributed by atoms with Crippen LogP contribution in [0, 0.1) is 0 Å². The summed E-state index contributed by atoms with van der Waals surface area (Å²) in [4.78, 5) is 14.1. The molecule has 6 nitrogen and oxygen atoms in total. The van der Waals surface area contributed by atoms with Crippen molar-refractivity contribution in [3.63, 3.8) is 0 Å². The number of rotatable bonds is 4. The molecule has 1 aliphatic rings. The molecular formula is C16H19ClN4O2. The molecule has 1 aromatic carbocycles. The topological polar surface area (TPSA) is 70.4 Å². The SMILES string of the molecule is O=C(Nc1ccnn1Cc1cccc(Cl)c1)N1CCC[C@@H]1CO. The molecule has 0 unspecified atom stereocenters. The van der Waals surface area contributed by atoms with Gasteiger partial charge >= 0.3 is 6.03 Å². The van der Waals surface area contributed by atoms with E-state index in [1.807, 2.05) is 24.3 Å². The van der Waals surface area contributed by atoms with Crippen LogP contribution < -0.4 is 5.32 Å². The molecule has 3 rings (SSSR count). The molecule has 0 aliphatic carbocycles. The fraction of sp³-hybridized carbons (Fsp3) is 0.375. The van der Waals surface area contributed by atoms with E-state index in [2.05, 4.69) is 10.4 Å². The molecule has 2 amide bonds. The molecule has 2 aromatic rings. The molecule has 2 N–H and O–H groups in total. The van der Waals surface area contributed by atoms with E-state index in [-0.39, 0.29) is 18.7 Å². The number of aliphatic hydroxyl groups is 1. The van der Waals surface area contributed by atoms with Crippen LogP contribution in [0.2, 0.25) is 5.02 Å². The zero-order chi connectivity index (χ0) is 16.2. The van der Waals surface area contributed by atoms with Crippen molar-refractivity contribution in [1.29, 1.82) is 0 Å². The molecular weight excluding hydrogens is 316 g/mol. The van der Waals surface area contributed by atoms with Gasteiger partial charge in [0.1, 0.15) is 5.82 Å². The number of amides is 2. The van der Waals surface area contributed by atoms with Crippen LogP contribution >= 0.6 is 11.6 Å². The molecule has 0 saturated carbocycles. The zero-order valence-corrected chi connectivity index (χ0v) is 13.4. The standard InChI is InChI=1S/C16H19ClN4O2/c17-13-4-1-3-12(9-13)10-21-15(6-7-18-21)19-16(23)20-8-2-5-14(20)11-22/h1,3-4,6-7,9,14,22H,2,5,8,10-11H2,(H,19,23)/t14-/m1/s1. The monoisotopic (exact) mass is 334 g/mol. The highest BCUT2D eigenvalue weighted by molar-refractivity contribution is 6.30. The molecule has 1 fully saturated rings. The normalized spacial score (nSPS) is 17.5. The van der Waals surface area contributed by atoms with Crippen LogP contribution in [0.5, 0.6) is 0 Å². The molecule has 23 heavy (non-hydrogen) atoms. The number of hydrogen-bond acceptors (Lipinski definition) is 3. The average molecular weight is 335 g/mol. The number of aromatic nitrogens is 2. The summed E-state index contributed by atoms with van der Waals surface area (Å²) in [5.74, 6) is 0.624. The van der Waals surface area contributed by atoms with Gasteiger partial charge in [0.2, 0.25) is 0 Å². The Labute approximate surface area is 139 Å². The fourth-order valence-electron chi connectivity index (χ4n) is 2.85. The van der Waals surface area contributed by atoms with Gasteiger partial charge in [0.15, 0.2) is 0 Å². The van der Waals surface area contributed by atoms with E-state index < -0.39 is 0 Å². The maximum atomic E-state index is 12.4. The predicted molar refractivity (Wildman–Crippen MR) is 88.6 cm³/mol. The molecule has 1 atom stereocenters. The van der Waals surface area contributed by atoms with Crippen LogP contribution in [0.4, 0.5) is 10.6 Å². The van der Waals surface area contributed by atoms with Gasteiger partial charge in [-0.25, -0.2) is 9.48 Å².